The molecule has 0 bridgehead atoms. The number of hydrogen-bond acceptors (Lipinski definition) is 5. The molecule has 86 valence electrons. The monoisotopic (exact) mass is 256 g/mol. The van der Waals surface area contributed by atoms with Gasteiger partial charge in [-0.25, -0.2) is 0 Å². The molecule has 0 rings (SSSR count). The molecule has 0 fully saturated rings. The Kier molecular flexibility index (Phi) is 8.46. The van der Waals surface area contributed by atoms with Crippen LogP contribution in [-0.2, 0) is 13.3 Å². The van der Waals surface area contributed by atoms with Crippen molar-refractivity contribution in [2.75, 3.05) is 32.8 Å². The maximum absolute atomic E-state index is 5.41. The highest BCUT2D eigenvalue weighted by molar-refractivity contribution is 7.80. The first-order chi connectivity index (χ1) is 6.70. The van der Waals surface area contributed by atoms with E-state index in [1.165, 1.54) is 0 Å². The van der Waals surface area contributed by atoms with Crippen molar-refractivity contribution in [1.29, 1.82) is 0 Å². The molecule has 0 aliphatic carbocycles. The summed E-state index contributed by atoms with van der Waals surface area (Å²) in [4.78, 5) is 0. The van der Waals surface area contributed by atoms with Gasteiger partial charge >= 0.3 is 8.80 Å². The van der Waals surface area contributed by atoms with Crippen LogP contribution in [0.15, 0.2) is 0 Å². The van der Waals surface area contributed by atoms with Gasteiger partial charge in [0.2, 0.25) is 0 Å². The minimum Gasteiger partial charge on any atom is -0.377 e. The quantitative estimate of drug-likeness (QED) is 0.513. The Morgan fingerprint density at radius 1 is 1.07 bits per heavy atom. The second-order valence-electron chi connectivity index (χ2n) is 2.96. The molecule has 0 aliphatic heterocycles. The summed E-state index contributed by atoms with van der Waals surface area (Å²) in [6.07, 6.45) is 2.01. The minimum atomic E-state index is -2.49. The van der Waals surface area contributed by atoms with Crippen molar-refractivity contribution in [2.24, 2.45) is 0 Å². The third-order valence-corrected chi connectivity index (χ3v) is 6.59. The molecule has 0 aromatic heterocycles. The summed E-state index contributed by atoms with van der Waals surface area (Å²) in [5.74, 6) is 1.58. The van der Waals surface area contributed by atoms with E-state index in [0.29, 0.717) is 0 Å². The molecule has 6 heteroatoms. The molecule has 1 atom stereocenters. The Bertz CT molecular complexity index is 136. The van der Waals surface area contributed by atoms with Crippen molar-refractivity contribution in [1.82, 2.24) is 0 Å². The van der Waals surface area contributed by atoms with E-state index in [1.807, 2.05) is 0 Å². The van der Waals surface area contributed by atoms with E-state index in [4.69, 9.17) is 13.3 Å². The molecule has 0 radical (unpaired) electrons. The van der Waals surface area contributed by atoms with Gasteiger partial charge in [0, 0.05) is 26.9 Å². The fourth-order valence-corrected chi connectivity index (χ4v) is 4.78. The van der Waals surface area contributed by atoms with Gasteiger partial charge in [-0.1, -0.05) is 0 Å². The molecule has 3 nitrogen and oxygen atoms in total. The number of hydrogen-bond donors (Lipinski definition) is 2. The van der Waals surface area contributed by atoms with Gasteiger partial charge in [0.05, 0.1) is 0 Å². The van der Waals surface area contributed by atoms with Crippen molar-refractivity contribution in [3.05, 3.63) is 0 Å². The standard InChI is InChI=1S/C8H20O3S2Si/c1-9-14(10-2,11-3)8(7-13)5-4-6-12/h8,12-13H,4-7H2,1-3H3. The van der Waals surface area contributed by atoms with Gasteiger partial charge in [0.25, 0.3) is 0 Å². The highest BCUT2D eigenvalue weighted by Crippen LogP contribution is 2.29. The summed E-state index contributed by atoms with van der Waals surface area (Å²) >= 11 is 8.50. The zero-order valence-corrected chi connectivity index (χ0v) is 11.8. The lowest BCUT2D eigenvalue weighted by molar-refractivity contribution is 0.112. The van der Waals surface area contributed by atoms with Crippen LogP contribution in [0.3, 0.4) is 0 Å². The average molecular weight is 256 g/mol. The normalized spacial score (nSPS) is 14.4. The lowest BCUT2D eigenvalue weighted by Crippen LogP contribution is -2.48. The summed E-state index contributed by atoms with van der Waals surface area (Å²) in [7, 11) is 2.41. The third-order valence-electron chi connectivity index (χ3n) is 2.28. The van der Waals surface area contributed by atoms with Gasteiger partial charge in [-0.15, -0.1) is 0 Å². The van der Waals surface area contributed by atoms with Crippen molar-refractivity contribution in [2.45, 2.75) is 18.4 Å². The molecule has 0 saturated carbocycles. The van der Waals surface area contributed by atoms with Gasteiger partial charge in [-0.3, -0.25) is 0 Å². The molecular weight excluding hydrogens is 236 g/mol. The van der Waals surface area contributed by atoms with E-state index < -0.39 is 8.80 Å². The van der Waals surface area contributed by atoms with Gasteiger partial charge in [0.1, 0.15) is 0 Å². The second kappa shape index (κ2) is 8.01. The summed E-state index contributed by atoms with van der Waals surface area (Å²) < 4.78 is 16.2. The predicted molar refractivity (Wildman–Crippen MR) is 67.5 cm³/mol. The van der Waals surface area contributed by atoms with Crippen LogP contribution in [0.25, 0.3) is 0 Å². The van der Waals surface area contributed by atoms with Crippen LogP contribution in [0, 0.1) is 0 Å². The first-order valence-electron chi connectivity index (χ1n) is 4.57. The Balaban J connectivity index is 4.40. The minimum absolute atomic E-state index is 0.248. The third kappa shape index (κ3) is 3.75. The molecule has 0 aromatic carbocycles. The van der Waals surface area contributed by atoms with Gasteiger partial charge in [-0.05, 0) is 24.3 Å². The van der Waals surface area contributed by atoms with Gasteiger partial charge in [0.15, 0.2) is 0 Å². The van der Waals surface area contributed by atoms with Crippen LogP contribution in [0.4, 0.5) is 0 Å². The fraction of sp³-hybridized carbons (Fsp3) is 1.00. The largest absolute Gasteiger partial charge is 0.504 e. The first kappa shape index (κ1) is 14.8. The Morgan fingerprint density at radius 2 is 1.57 bits per heavy atom. The Hall–Kier alpha value is 0.797. The topological polar surface area (TPSA) is 27.7 Å². The van der Waals surface area contributed by atoms with Crippen LogP contribution < -0.4 is 0 Å². The van der Waals surface area contributed by atoms with E-state index in [0.717, 1.165) is 24.3 Å². The maximum Gasteiger partial charge on any atom is 0.504 e. The molecule has 14 heavy (non-hydrogen) atoms. The second-order valence-corrected chi connectivity index (χ2v) is 7.02. The lowest BCUT2D eigenvalue weighted by Gasteiger charge is -2.31. The maximum atomic E-state index is 5.41. The van der Waals surface area contributed by atoms with Gasteiger partial charge in [-0.2, -0.15) is 25.3 Å². The molecular formula is C8H20O3S2Si. The summed E-state index contributed by atoms with van der Waals surface area (Å²) in [5.41, 5.74) is 0.248. The first-order valence-corrected chi connectivity index (χ1v) is 7.64. The molecule has 0 spiro atoms. The van der Waals surface area contributed by atoms with E-state index in [-0.39, 0.29) is 5.54 Å². The lowest BCUT2D eigenvalue weighted by atomic mass is 10.3. The smallest absolute Gasteiger partial charge is 0.377 e. The Morgan fingerprint density at radius 3 is 1.86 bits per heavy atom. The molecule has 0 saturated heterocycles. The van der Waals surface area contributed by atoms with Crippen molar-refractivity contribution >= 4 is 34.1 Å². The summed E-state index contributed by atoms with van der Waals surface area (Å²) in [6.45, 7) is 0. The van der Waals surface area contributed by atoms with E-state index >= 15 is 0 Å². The number of thiol groups is 2. The van der Waals surface area contributed by atoms with Crippen molar-refractivity contribution in [3.63, 3.8) is 0 Å². The van der Waals surface area contributed by atoms with E-state index in [2.05, 4.69) is 25.3 Å². The summed E-state index contributed by atoms with van der Waals surface area (Å²) in [6, 6.07) is 0. The molecule has 0 heterocycles. The molecule has 0 aromatic rings. The Labute approximate surface area is 98.7 Å². The van der Waals surface area contributed by atoms with E-state index in [9.17, 15) is 0 Å². The van der Waals surface area contributed by atoms with Gasteiger partial charge < -0.3 is 13.3 Å². The molecule has 1 unspecified atom stereocenters. The van der Waals surface area contributed by atoms with Crippen LogP contribution in [0.2, 0.25) is 5.54 Å². The number of rotatable bonds is 8. The van der Waals surface area contributed by atoms with Crippen LogP contribution in [0.5, 0.6) is 0 Å². The molecule has 0 N–H and O–H groups in total. The van der Waals surface area contributed by atoms with Crippen LogP contribution in [-0.4, -0.2) is 41.6 Å². The SMILES string of the molecule is CO[Si](OC)(OC)C(CS)CCCS. The fourth-order valence-electron chi connectivity index (χ4n) is 1.47. The molecule has 0 aliphatic rings. The highest BCUT2D eigenvalue weighted by Gasteiger charge is 2.45. The van der Waals surface area contributed by atoms with E-state index in [1.54, 1.807) is 21.3 Å². The molecule has 0 amide bonds. The zero-order valence-electron chi connectivity index (χ0n) is 9.02. The average Bonchev–Trinajstić information content (AvgIpc) is 2.25. The van der Waals surface area contributed by atoms with Crippen molar-refractivity contribution < 1.29 is 13.3 Å². The van der Waals surface area contributed by atoms with Crippen molar-refractivity contribution in [3.8, 4) is 0 Å². The highest BCUT2D eigenvalue weighted by atomic mass is 32.1. The predicted octanol–water partition coefficient (Wildman–Crippen LogP) is 1.87. The van der Waals surface area contributed by atoms with Crippen LogP contribution >= 0.6 is 25.3 Å². The zero-order chi connectivity index (χ0) is 11.0. The summed E-state index contributed by atoms with van der Waals surface area (Å²) in [5, 5.41) is 0. The van der Waals surface area contributed by atoms with Crippen LogP contribution in [0.1, 0.15) is 12.8 Å².